The second kappa shape index (κ2) is 9.66. The fraction of sp³-hybridized carbons (Fsp3) is 0.231. The van der Waals surface area contributed by atoms with Crippen molar-refractivity contribution in [2.75, 3.05) is 0 Å². The van der Waals surface area contributed by atoms with Crippen molar-refractivity contribution in [3.63, 3.8) is 0 Å². The van der Waals surface area contributed by atoms with E-state index in [4.69, 9.17) is 4.98 Å². The summed E-state index contributed by atoms with van der Waals surface area (Å²) < 4.78 is 17.0. The van der Waals surface area contributed by atoms with E-state index in [2.05, 4.69) is 41.6 Å². The van der Waals surface area contributed by atoms with Crippen LogP contribution in [0.4, 0.5) is 4.39 Å². The number of H-pyrrole nitrogens is 1. The molecule has 0 bridgehead atoms. The highest BCUT2D eigenvalue weighted by molar-refractivity contribution is 7.11. The van der Waals surface area contributed by atoms with Crippen LogP contribution in [0.25, 0.3) is 40.0 Å². The van der Waals surface area contributed by atoms with Crippen LogP contribution in [0.3, 0.4) is 0 Å². The highest BCUT2D eigenvalue weighted by atomic mass is 32.1. The van der Waals surface area contributed by atoms with Crippen LogP contribution >= 0.6 is 11.3 Å². The molecule has 2 atom stereocenters. The van der Waals surface area contributed by atoms with Gasteiger partial charge in [0.05, 0.1) is 23.0 Å². The third-order valence-corrected chi connectivity index (χ3v) is 7.48. The van der Waals surface area contributed by atoms with Crippen LogP contribution in [0, 0.1) is 5.82 Å². The molecule has 6 rings (SSSR count). The number of amides is 1. The number of fused-ring (bicyclic) bond motifs is 1. The van der Waals surface area contributed by atoms with Crippen LogP contribution in [0.5, 0.6) is 0 Å². The van der Waals surface area contributed by atoms with Crippen molar-refractivity contribution >= 4 is 34.4 Å². The van der Waals surface area contributed by atoms with Crippen molar-refractivity contribution in [3.8, 4) is 22.9 Å². The number of aromatic amines is 1. The van der Waals surface area contributed by atoms with Crippen LogP contribution in [0.2, 0.25) is 0 Å². The van der Waals surface area contributed by atoms with E-state index in [1.807, 2.05) is 11.4 Å². The van der Waals surface area contributed by atoms with E-state index in [1.54, 1.807) is 30.5 Å². The molecule has 9 nitrogen and oxygen atoms in total. The van der Waals surface area contributed by atoms with Gasteiger partial charge in [-0.2, -0.15) is 5.10 Å². The summed E-state index contributed by atoms with van der Waals surface area (Å²) >= 11 is 1.30. The Hall–Kier alpha value is -4.25. The molecule has 1 saturated carbocycles. The molecule has 1 fully saturated rings. The lowest BCUT2D eigenvalue weighted by molar-refractivity contribution is 0.0920. The van der Waals surface area contributed by atoms with E-state index in [0.29, 0.717) is 45.5 Å². The van der Waals surface area contributed by atoms with Gasteiger partial charge >= 0.3 is 0 Å². The molecule has 0 spiro atoms. The van der Waals surface area contributed by atoms with Crippen molar-refractivity contribution in [3.05, 3.63) is 71.3 Å². The zero-order valence-corrected chi connectivity index (χ0v) is 20.6. The van der Waals surface area contributed by atoms with E-state index in [0.717, 1.165) is 24.8 Å². The summed E-state index contributed by atoms with van der Waals surface area (Å²) in [5, 5.41) is 12.1. The van der Waals surface area contributed by atoms with Crippen LogP contribution in [-0.4, -0.2) is 46.6 Å². The average Bonchev–Trinajstić information content (AvgIpc) is 3.68. The number of rotatable bonds is 6. The molecule has 4 aromatic heterocycles. The summed E-state index contributed by atoms with van der Waals surface area (Å²) in [5.41, 5.74) is 3.21. The zero-order chi connectivity index (χ0) is 25.4. The molecular formula is C26H23FN8OS. The molecule has 1 amide bonds. The molecule has 1 aromatic carbocycles. The SMILES string of the molecule is C=Cc1csc(C(=O)NC2CCCC(n3c(-c4ccccc4F)nc4cnc(-c5ncn[nH]5)cc43)C2)n1. The minimum Gasteiger partial charge on any atom is -0.347 e. The number of halogens is 1. The standard InChI is InChI=1S/C26H23FN8OS/c1-2-15-13-37-26(32-15)25(36)31-16-6-5-7-17(10-16)35-22-11-20(23-29-14-30-34-23)28-12-21(22)33-24(35)18-8-3-4-9-19(18)27/h2-4,8-9,11-14,16-17H,1,5-7,10H2,(H,31,36)(H,29,30,34). The molecule has 0 radical (unpaired) electrons. The summed E-state index contributed by atoms with van der Waals surface area (Å²) in [6, 6.07) is 8.48. The Morgan fingerprint density at radius 2 is 2.14 bits per heavy atom. The molecule has 4 heterocycles. The number of aromatic nitrogens is 7. The first-order chi connectivity index (χ1) is 18.1. The molecule has 2 unspecified atom stereocenters. The number of hydrogen-bond acceptors (Lipinski definition) is 7. The largest absolute Gasteiger partial charge is 0.347 e. The number of carbonyl (C=O) groups excluding carboxylic acids is 1. The first-order valence-corrected chi connectivity index (χ1v) is 12.9. The third kappa shape index (κ3) is 4.42. The minimum absolute atomic E-state index is 0.0105. The van der Waals surface area contributed by atoms with E-state index >= 15 is 0 Å². The number of carbonyl (C=O) groups is 1. The van der Waals surface area contributed by atoms with Gasteiger partial charge in [-0.15, -0.1) is 11.3 Å². The third-order valence-electron chi connectivity index (χ3n) is 6.62. The van der Waals surface area contributed by atoms with Crippen molar-refractivity contribution in [1.82, 2.24) is 40.0 Å². The van der Waals surface area contributed by atoms with Crippen LogP contribution in [0.15, 0.2) is 54.8 Å². The topological polar surface area (TPSA) is 114 Å². The number of nitrogens with zero attached hydrogens (tertiary/aromatic N) is 6. The zero-order valence-electron chi connectivity index (χ0n) is 19.8. The average molecular weight is 515 g/mol. The van der Waals surface area contributed by atoms with E-state index in [1.165, 1.54) is 23.7 Å². The lowest BCUT2D eigenvalue weighted by Gasteiger charge is -2.32. The van der Waals surface area contributed by atoms with Gasteiger partial charge in [0.15, 0.2) is 10.8 Å². The number of hydrogen-bond donors (Lipinski definition) is 2. The van der Waals surface area contributed by atoms with Gasteiger partial charge in [-0.05, 0) is 50.0 Å². The van der Waals surface area contributed by atoms with Gasteiger partial charge in [-0.3, -0.25) is 14.9 Å². The first kappa shape index (κ1) is 23.2. The van der Waals surface area contributed by atoms with Gasteiger partial charge in [0.2, 0.25) is 0 Å². The minimum atomic E-state index is -0.343. The van der Waals surface area contributed by atoms with Gasteiger partial charge in [-0.1, -0.05) is 18.7 Å². The van der Waals surface area contributed by atoms with Crippen LogP contribution in [0.1, 0.15) is 47.2 Å². The number of imidazole rings is 1. The van der Waals surface area contributed by atoms with Gasteiger partial charge < -0.3 is 9.88 Å². The maximum atomic E-state index is 15.0. The monoisotopic (exact) mass is 514 g/mol. The number of thiazole rings is 1. The highest BCUT2D eigenvalue weighted by Gasteiger charge is 2.29. The van der Waals surface area contributed by atoms with Gasteiger partial charge in [0, 0.05) is 17.5 Å². The molecule has 186 valence electrons. The fourth-order valence-corrected chi connectivity index (χ4v) is 5.63. The first-order valence-electron chi connectivity index (χ1n) is 12.0. The molecule has 1 aliphatic rings. The summed E-state index contributed by atoms with van der Waals surface area (Å²) in [6.07, 6.45) is 8.04. The molecule has 0 saturated heterocycles. The van der Waals surface area contributed by atoms with Crippen molar-refractivity contribution in [1.29, 1.82) is 0 Å². The predicted octanol–water partition coefficient (Wildman–Crippen LogP) is 5.04. The lowest BCUT2D eigenvalue weighted by Crippen LogP contribution is -2.39. The van der Waals surface area contributed by atoms with E-state index < -0.39 is 0 Å². The summed E-state index contributed by atoms with van der Waals surface area (Å²) in [5.74, 6) is 0.547. The van der Waals surface area contributed by atoms with E-state index in [9.17, 15) is 9.18 Å². The maximum Gasteiger partial charge on any atom is 0.280 e. The Labute approximate surface area is 215 Å². The molecular weight excluding hydrogens is 491 g/mol. The normalized spacial score (nSPS) is 17.6. The Morgan fingerprint density at radius 1 is 1.24 bits per heavy atom. The Bertz CT molecular complexity index is 1590. The molecule has 11 heteroatoms. The van der Waals surface area contributed by atoms with E-state index in [-0.39, 0.29) is 23.8 Å². The van der Waals surface area contributed by atoms with Gasteiger partial charge in [0.25, 0.3) is 5.91 Å². The Kier molecular flexibility index (Phi) is 6.05. The number of pyridine rings is 1. The number of benzene rings is 1. The Morgan fingerprint density at radius 3 is 2.92 bits per heavy atom. The van der Waals surface area contributed by atoms with Crippen LogP contribution < -0.4 is 5.32 Å². The quantitative estimate of drug-likeness (QED) is 0.328. The maximum absolute atomic E-state index is 15.0. The smallest absolute Gasteiger partial charge is 0.280 e. The fourth-order valence-electron chi connectivity index (χ4n) is 4.92. The lowest BCUT2D eigenvalue weighted by atomic mass is 9.90. The molecule has 1 aliphatic carbocycles. The summed E-state index contributed by atoms with van der Waals surface area (Å²) in [7, 11) is 0. The van der Waals surface area contributed by atoms with Gasteiger partial charge in [0.1, 0.15) is 29.2 Å². The number of nitrogens with one attached hydrogen (secondary N) is 2. The van der Waals surface area contributed by atoms with Crippen molar-refractivity contribution in [2.24, 2.45) is 0 Å². The van der Waals surface area contributed by atoms with Crippen molar-refractivity contribution in [2.45, 2.75) is 37.8 Å². The molecule has 2 N–H and O–H groups in total. The molecule has 0 aliphatic heterocycles. The molecule has 5 aromatic rings. The van der Waals surface area contributed by atoms with Gasteiger partial charge in [-0.25, -0.2) is 19.3 Å². The summed E-state index contributed by atoms with van der Waals surface area (Å²) in [6.45, 7) is 3.71. The highest BCUT2D eigenvalue weighted by Crippen LogP contribution is 2.37. The molecule has 37 heavy (non-hydrogen) atoms. The Balaban J connectivity index is 1.38. The second-order valence-corrected chi connectivity index (χ2v) is 9.81. The van der Waals surface area contributed by atoms with Crippen molar-refractivity contribution < 1.29 is 9.18 Å². The second-order valence-electron chi connectivity index (χ2n) is 8.95. The summed E-state index contributed by atoms with van der Waals surface area (Å²) in [4.78, 5) is 30.7. The van der Waals surface area contributed by atoms with Crippen LogP contribution in [-0.2, 0) is 0 Å². The predicted molar refractivity (Wildman–Crippen MR) is 139 cm³/mol.